The SMILES string of the molecule is COCOCC#CCOCOC.COCOCC(F)(F)C(F)(F)COCOC. The summed E-state index contributed by atoms with van der Waals surface area (Å²) in [4.78, 5) is 0. The second kappa shape index (κ2) is 19.3. The third-order valence-electron chi connectivity index (χ3n) is 2.38. The van der Waals surface area contributed by atoms with Crippen molar-refractivity contribution in [3.63, 3.8) is 0 Å². The van der Waals surface area contributed by atoms with Crippen LogP contribution in [0.25, 0.3) is 0 Å². The lowest BCUT2D eigenvalue weighted by Gasteiger charge is -2.25. The summed E-state index contributed by atoms with van der Waals surface area (Å²) in [5, 5.41) is 0. The molecule has 0 saturated carbocycles. The number of hydrogen-bond acceptors (Lipinski definition) is 8. The molecule has 0 saturated heterocycles. The van der Waals surface area contributed by atoms with E-state index < -0.39 is 38.6 Å². The largest absolute Gasteiger partial charge is 0.359 e. The van der Waals surface area contributed by atoms with Crippen molar-refractivity contribution in [2.24, 2.45) is 0 Å². The van der Waals surface area contributed by atoms with Crippen molar-refractivity contribution < 1.29 is 55.5 Å². The second-order valence-electron chi connectivity index (χ2n) is 4.78. The molecule has 0 aliphatic heterocycles. The van der Waals surface area contributed by atoms with Gasteiger partial charge in [0, 0.05) is 28.4 Å². The van der Waals surface area contributed by atoms with Crippen LogP contribution in [0.1, 0.15) is 0 Å². The van der Waals surface area contributed by atoms with Gasteiger partial charge >= 0.3 is 11.8 Å². The molecule has 0 fully saturated rings. The molecule has 0 bridgehead atoms. The average molecular weight is 424 g/mol. The molecule has 168 valence electrons. The van der Waals surface area contributed by atoms with Gasteiger partial charge in [0.25, 0.3) is 0 Å². The first kappa shape index (κ1) is 29.2. The molecular weight excluding hydrogens is 396 g/mol. The Morgan fingerprint density at radius 1 is 0.536 bits per heavy atom. The van der Waals surface area contributed by atoms with Crippen molar-refractivity contribution in [2.75, 3.05) is 82.0 Å². The first-order valence-electron chi connectivity index (χ1n) is 7.77. The molecule has 0 heterocycles. The predicted molar refractivity (Wildman–Crippen MR) is 89.0 cm³/mol. The van der Waals surface area contributed by atoms with Crippen LogP contribution in [0.3, 0.4) is 0 Å². The van der Waals surface area contributed by atoms with E-state index in [2.05, 4.69) is 40.3 Å². The topological polar surface area (TPSA) is 73.8 Å². The van der Waals surface area contributed by atoms with Gasteiger partial charge in [-0.25, -0.2) is 0 Å². The summed E-state index contributed by atoms with van der Waals surface area (Å²) in [6, 6.07) is 0. The molecule has 28 heavy (non-hydrogen) atoms. The van der Waals surface area contributed by atoms with Crippen LogP contribution in [-0.4, -0.2) is 93.9 Å². The smallest absolute Gasteiger partial charge is 0.335 e. The van der Waals surface area contributed by atoms with E-state index >= 15 is 0 Å². The highest BCUT2D eigenvalue weighted by atomic mass is 19.3. The summed E-state index contributed by atoms with van der Waals surface area (Å²) in [6.07, 6.45) is 0. The quantitative estimate of drug-likeness (QED) is 0.170. The maximum absolute atomic E-state index is 12.9. The first-order valence-corrected chi connectivity index (χ1v) is 7.77. The molecule has 12 heteroatoms. The Morgan fingerprint density at radius 3 is 1.11 bits per heavy atom. The van der Waals surface area contributed by atoms with Gasteiger partial charge in [0.15, 0.2) is 0 Å². The lowest BCUT2D eigenvalue weighted by Crippen LogP contribution is -2.47. The van der Waals surface area contributed by atoms with E-state index in [9.17, 15) is 17.6 Å². The van der Waals surface area contributed by atoms with Gasteiger partial charge < -0.3 is 37.9 Å². The maximum atomic E-state index is 12.9. The normalized spacial score (nSPS) is 11.4. The Morgan fingerprint density at radius 2 is 0.821 bits per heavy atom. The Labute approximate surface area is 162 Å². The number of rotatable bonds is 15. The van der Waals surface area contributed by atoms with Crippen LogP contribution in [0.15, 0.2) is 0 Å². The molecule has 8 nitrogen and oxygen atoms in total. The highest BCUT2D eigenvalue weighted by molar-refractivity contribution is 4.98. The Kier molecular flexibility index (Phi) is 20.1. The zero-order chi connectivity index (χ0) is 21.7. The van der Waals surface area contributed by atoms with E-state index in [4.69, 9.17) is 9.47 Å². The molecule has 0 unspecified atom stereocenters. The number of halogens is 4. The van der Waals surface area contributed by atoms with E-state index in [-0.39, 0.29) is 13.6 Å². The van der Waals surface area contributed by atoms with Gasteiger partial charge in [-0.2, -0.15) is 17.6 Å². The van der Waals surface area contributed by atoms with Crippen molar-refractivity contribution in [1.29, 1.82) is 0 Å². The molecule has 0 aliphatic rings. The van der Waals surface area contributed by atoms with E-state index in [1.165, 1.54) is 14.2 Å². The third-order valence-corrected chi connectivity index (χ3v) is 2.38. The number of methoxy groups -OCH3 is 4. The summed E-state index contributed by atoms with van der Waals surface area (Å²) in [7, 11) is 5.51. The molecule has 0 aromatic heterocycles. The minimum absolute atomic E-state index is 0.271. The second-order valence-corrected chi connectivity index (χ2v) is 4.78. The summed E-state index contributed by atoms with van der Waals surface area (Å²) in [6.45, 7) is -2.57. The summed E-state index contributed by atoms with van der Waals surface area (Å²) in [5.41, 5.74) is 0. The van der Waals surface area contributed by atoms with Crippen molar-refractivity contribution >= 4 is 0 Å². The molecule has 0 atom stereocenters. The van der Waals surface area contributed by atoms with Crippen LogP contribution in [-0.2, 0) is 37.9 Å². The summed E-state index contributed by atoms with van der Waals surface area (Å²) < 4.78 is 87.7. The van der Waals surface area contributed by atoms with Crippen molar-refractivity contribution in [2.45, 2.75) is 11.8 Å². The Hall–Kier alpha value is -1.04. The number of alkyl halides is 4. The number of ether oxygens (including phenoxy) is 8. The van der Waals surface area contributed by atoms with Crippen molar-refractivity contribution in [1.82, 2.24) is 0 Å². The molecule has 0 aliphatic carbocycles. The Bertz CT molecular complexity index is 368. The first-order chi connectivity index (χ1) is 13.3. The fourth-order valence-corrected chi connectivity index (χ4v) is 1.17. The van der Waals surface area contributed by atoms with Crippen LogP contribution in [0, 0.1) is 11.8 Å². The molecule has 0 aromatic rings. The third kappa shape index (κ3) is 17.1. The minimum atomic E-state index is -4.32. The van der Waals surface area contributed by atoms with Crippen LogP contribution in [0.5, 0.6) is 0 Å². The average Bonchev–Trinajstić information content (AvgIpc) is 2.64. The van der Waals surface area contributed by atoms with Crippen LogP contribution in [0.2, 0.25) is 0 Å². The lowest BCUT2D eigenvalue weighted by atomic mass is 10.2. The van der Waals surface area contributed by atoms with Gasteiger partial charge in [0.2, 0.25) is 0 Å². The van der Waals surface area contributed by atoms with Gasteiger partial charge in [-0.05, 0) is 0 Å². The summed E-state index contributed by atoms with van der Waals surface area (Å²) >= 11 is 0. The Balaban J connectivity index is 0. The van der Waals surface area contributed by atoms with E-state index in [0.717, 1.165) is 0 Å². The fourth-order valence-electron chi connectivity index (χ4n) is 1.17. The van der Waals surface area contributed by atoms with Gasteiger partial charge in [-0.3, -0.25) is 0 Å². The lowest BCUT2D eigenvalue weighted by molar-refractivity contribution is -0.264. The standard InChI is InChI=1S/C8H14F4O4.C8H14O4/c1-13-5-15-3-7(9,10)8(11,12)4-16-6-14-2;1-9-7-11-5-3-4-6-12-8-10-2/h3-6H2,1-2H3;5-8H2,1-2H3. The van der Waals surface area contributed by atoms with Gasteiger partial charge in [0.1, 0.15) is 53.6 Å². The number of hydrogen-bond donors (Lipinski definition) is 0. The monoisotopic (exact) mass is 424 g/mol. The van der Waals surface area contributed by atoms with E-state index in [1.54, 1.807) is 14.2 Å². The van der Waals surface area contributed by atoms with Crippen molar-refractivity contribution in [3.05, 3.63) is 0 Å². The van der Waals surface area contributed by atoms with E-state index in [0.29, 0.717) is 13.2 Å². The molecule has 0 radical (unpaired) electrons. The molecular formula is C16H28F4O8. The molecule has 0 aromatic carbocycles. The maximum Gasteiger partial charge on any atom is 0.335 e. The van der Waals surface area contributed by atoms with Gasteiger partial charge in [0.05, 0.1) is 0 Å². The molecule has 0 N–H and O–H groups in total. The van der Waals surface area contributed by atoms with Crippen LogP contribution < -0.4 is 0 Å². The summed E-state index contributed by atoms with van der Waals surface area (Å²) in [5.74, 6) is -3.15. The van der Waals surface area contributed by atoms with Crippen molar-refractivity contribution in [3.8, 4) is 11.8 Å². The molecule has 0 amide bonds. The van der Waals surface area contributed by atoms with E-state index in [1.807, 2.05) is 0 Å². The zero-order valence-electron chi connectivity index (χ0n) is 16.4. The van der Waals surface area contributed by atoms with Crippen LogP contribution in [0.4, 0.5) is 17.6 Å². The van der Waals surface area contributed by atoms with Crippen LogP contribution >= 0.6 is 0 Å². The zero-order valence-corrected chi connectivity index (χ0v) is 16.4. The van der Waals surface area contributed by atoms with Gasteiger partial charge in [-0.15, -0.1) is 0 Å². The predicted octanol–water partition coefficient (Wildman–Crippen LogP) is 1.73. The molecule has 0 spiro atoms. The highest BCUT2D eigenvalue weighted by Gasteiger charge is 2.56. The fraction of sp³-hybridized carbons (Fsp3) is 0.875. The molecule has 0 rings (SSSR count). The van der Waals surface area contributed by atoms with Gasteiger partial charge in [-0.1, -0.05) is 11.8 Å². The minimum Gasteiger partial charge on any atom is -0.359 e. The highest BCUT2D eigenvalue weighted by Crippen LogP contribution is 2.34.